The third kappa shape index (κ3) is 6.88. The maximum Gasteiger partial charge on any atom is 0.314 e. The first-order valence-corrected chi connectivity index (χ1v) is 19.9. The second-order valence-electron chi connectivity index (χ2n) is 17.9. The van der Waals surface area contributed by atoms with Crippen molar-refractivity contribution in [3.05, 3.63) is 12.2 Å². The molecule has 56 heavy (non-hydrogen) atoms. The average molecular weight is 805 g/mol. The molecule has 0 amide bonds. The predicted octanol–water partition coefficient (Wildman–Crippen LogP) is -3.08. The van der Waals surface area contributed by atoms with Gasteiger partial charge in [0, 0.05) is 5.92 Å². The van der Waals surface area contributed by atoms with Crippen LogP contribution in [0, 0.1) is 34.0 Å². The molecule has 320 valence electrons. The third-order valence-corrected chi connectivity index (χ3v) is 14.9. The number of carbonyl (C=O) groups excluding carboxylic acids is 1. The maximum atomic E-state index is 14.2. The molecule has 0 aromatic heterocycles. The summed E-state index contributed by atoms with van der Waals surface area (Å²) in [7, 11) is 0. The molecular weight excluding hydrogens is 744 g/mol. The van der Waals surface area contributed by atoms with Crippen LogP contribution < -0.4 is 0 Å². The van der Waals surface area contributed by atoms with Crippen LogP contribution in [-0.2, 0) is 33.2 Å². The molecule has 22 atom stereocenters. The van der Waals surface area contributed by atoms with Crippen LogP contribution in [0.4, 0.5) is 0 Å². The van der Waals surface area contributed by atoms with Crippen molar-refractivity contribution in [2.45, 2.75) is 163 Å². The monoisotopic (exact) mass is 804 g/mol. The molecule has 0 radical (unpaired) electrons. The van der Waals surface area contributed by atoms with E-state index in [1.165, 1.54) is 0 Å². The van der Waals surface area contributed by atoms with Gasteiger partial charge >= 0.3 is 5.97 Å². The highest BCUT2D eigenvalue weighted by Gasteiger charge is 2.68. The lowest BCUT2D eigenvalue weighted by Crippen LogP contribution is -2.65. The van der Waals surface area contributed by atoms with E-state index in [1.54, 1.807) is 0 Å². The van der Waals surface area contributed by atoms with Gasteiger partial charge in [-0.3, -0.25) is 4.79 Å². The Morgan fingerprint density at radius 1 is 0.696 bits per heavy atom. The van der Waals surface area contributed by atoms with Gasteiger partial charge in [-0.25, -0.2) is 0 Å². The topological polar surface area (TPSA) is 295 Å². The van der Waals surface area contributed by atoms with Crippen LogP contribution in [0.25, 0.3) is 0 Å². The first kappa shape index (κ1) is 42.7. The van der Waals surface area contributed by atoms with Crippen molar-refractivity contribution >= 4 is 5.97 Å². The first-order valence-electron chi connectivity index (χ1n) is 19.9. The molecule has 1 spiro atoms. The Morgan fingerprint density at radius 3 is 1.86 bits per heavy atom. The highest BCUT2D eigenvalue weighted by Crippen LogP contribution is 2.72. The Morgan fingerprint density at radius 2 is 1.25 bits per heavy atom. The van der Waals surface area contributed by atoms with Crippen molar-refractivity contribution < 1.29 is 89.4 Å². The molecule has 7 aliphatic rings. The number of rotatable bonds is 9. The normalized spacial score (nSPS) is 54.6. The van der Waals surface area contributed by atoms with E-state index in [2.05, 4.69) is 13.5 Å². The minimum atomic E-state index is -1.81. The standard InChI is InChI=1S/C38H60O18/c1-15-10-38-8-5-21-36(2,6-4-7-37(21,3)35(50)56-33-30(49)27(46)24(43)19(13-40)53-33)22(38)9-17(16(15)11-38)51-34-31(28(47)25(44)20(14-41)54-34)55-32-29(48)26(45)23(42)18(12-39)52-32/h16-34,39-49H,1,4-14H2,2-3H3. The van der Waals surface area contributed by atoms with Gasteiger partial charge in [0.25, 0.3) is 0 Å². The molecule has 18 nitrogen and oxygen atoms in total. The number of aliphatic hydroxyl groups excluding tert-OH is 11. The number of ether oxygens (including phenoxy) is 6. The second-order valence-corrected chi connectivity index (χ2v) is 17.9. The lowest BCUT2D eigenvalue weighted by Gasteiger charge is -2.64. The zero-order valence-electron chi connectivity index (χ0n) is 31.7. The summed E-state index contributed by atoms with van der Waals surface area (Å²) in [5.74, 6) is -0.943. The number of aliphatic hydroxyl groups is 11. The van der Waals surface area contributed by atoms with Gasteiger partial charge in [-0.15, -0.1) is 0 Å². The van der Waals surface area contributed by atoms with Crippen molar-refractivity contribution in [2.75, 3.05) is 19.8 Å². The number of hydrogen-bond acceptors (Lipinski definition) is 18. The average Bonchev–Trinajstić information content (AvgIpc) is 3.44. The molecule has 0 aromatic carbocycles. The molecule has 11 N–H and O–H groups in total. The largest absolute Gasteiger partial charge is 0.432 e. The fourth-order valence-corrected chi connectivity index (χ4v) is 11.9. The smallest absolute Gasteiger partial charge is 0.314 e. The minimum Gasteiger partial charge on any atom is -0.432 e. The Hall–Kier alpha value is -1.43. The van der Waals surface area contributed by atoms with Gasteiger partial charge in [0.2, 0.25) is 6.29 Å². The van der Waals surface area contributed by atoms with Gasteiger partial charge in [0.1, 0.15) is 73.2 Å². The second kappa shape index (κ2) is 15.9. The summed E-state index contributed by atoms with van der Waals surface area (Å²) in [6.45, 7) is 6.43. The van der Waals surface area contributed by atoms with Crippen LogP contribution in [0.2, 0.25) is 0 Å². The van der Waals surface area contributed by atoms with Gasteiger partial charge in [0.05, 0.1) is 31.3 Å². The van der Waals surface area contributed by atoms with Crippen LogP contribution >= 0.6 is 0 Å². The van der Waals surface area contributed by atoms with Gasteiger partial charge in [-0.2, -0.15) is 0 Å². The molecule has 7 rings (SSSR count). The Bertz CT molecular complexity index is 1430. The SMILES string of the molecule is C=C1CC23CCC4C(C)(C(=O)OC5OC(CO)C(O)C(O)C5O)CCCC4(C)C2CC(OC2OC(CO)C(O)C(O)C2OC2OC(CO)C(O)C(O)C2O)C1C3. The Labute approximate surface area is 324 Å². The predicted molar refractivity (Wildman–Crippen MR) is 186 cm³/mol. The van der Waals surface area contributed by atoms with E-state index in [-0.39, 0.29) is 23.2 Å². The molecule has 4 aliphatic carbocycles. The van der Waals surface area contributed by atoms with E-state index in [4.69, 9.17) is 28.4 Å². The van der Waals surface area contributed by atoms with E-state index in [0.717, 1.165) is 31.3 Å². The fourth-order valence-electron chi connectivity index (χ4n) is 11.9. The quantitative estimate of drug-likeness (QED) is 0.0626. The van der Waals surface area contributed by atoms with E-state index < -0.39 is 135 Å². The third-order valence-electron chi connectivity index (χ3n) is 14.9. The summed E-state index contributed by atoms with van der Waals surface area (Å²) in [6.07, 6.45) is -18.9. The molecule has 0 aromatic rings. The van der Waals surface area contributed by atoms with Crippen molar-refractivity contribution in [1.29, 1.82) is 0 Å². The van der Waals surface area contributed by atoms with Crippen LogP contribution in [0.5, 0.6) is 0 Å². The zero-order chi connectivity index (χ0) is 40.6. The molecule has 4 saturated carbocycles. The van der Waals surface area contributed by atoms with Crippen molar-refractivity contribution in [3.63, 3.8) is 0 Å². The summed E-state index contributed by atoms with van der Waals surface area (Å²) in [5.41, 5.74) is -0.627. The summed E-state index contributed by atoms with van der Waals surface area (Å²) in [4.78, 5) is 14.2. The van der Waals surface area contributed by atoms with E-state index >= 15 is 0 Å². The van der Waals surface area contributed by atoms with Gasteiger partial charge in [-0.1, -0.05) is 25.5 Å². The number of carbonyl (C=O) groups is 1. The first-order chi connectivity index (χ1) is 26.4. The highest BCUT2D eigenvalue weighted by atomic mass is 16.8. The number of esters is 1. The molecule has 2 bridgehead atoms. The minimum absolute atomic E-state index is 0.00788. The summed E-state index contributed by atoms with van der Waals surface area (Å²) in [6, 6.07) is 0. The zero-order valence-corrected chi connectivity index (χ0v) is 31.7. The molecule has 7 fully saturated rings. The fraction of sp³-hybridized carbons (Fsp3) is 0.921. The molecule has 3 aliphatic heterocycles. The van der Waals surface area contributed by atoms with Crippen molar-refractivity contribution in [3.8, 4) is 0 Å². The van der Waals surface area contributed by atoms with Crippen molar-refractivity contribution in [2.24, 2.45) is 34.0 Å². The molecule has 18 heteroatoms. The van der Waals surface area contributed by atoms with Gasteiger partial charge in [-0.05, 0) is 74.5 Å². The Kier molecular flexibility index (Phi) is 12.1. The van der Waals surface area contributed by atoms with E-state index in [9.17, 15) is 61.0 Å². The van der Waals surface area contributed by atoms with E-state index in [0.29, 0.717) is 25.7 Å². The summed E-state index contributed by atoms with van der Waals surface area (Å²) in [5, 5.41) is 114. The van der Waals surface area contributed by atoms with Crippen LogP contribution in [0.1, 0.15) is 65.2 Å². The molecular formula is C38H60O18. The van der Waals surface area contributed by atoms with Gasteiger partial charge in [0.15, 0.2) is 12.6 Å². The van der Waals surface area contributed by atoms with Crippen LogP contribution in [-0.4, -0.2) is 180 Å². The molecule has 3 heterocycles. The van der Waals surface area contributed by atoms with E-state index in [1.807, 2.05) is 6.92 Å². The Balaban J connectivity index is 1.13. The summed E-state index contributed by atoms with van der Waals surface area (Å²) >= 11 is 0. The lowest BCUT2D eigenvalue weighted by molar-refractivity contribution is -0.374. The van der Waals surface area contributed by atoms with Crippen LogP contribution in [0.3, 0.4) is 0 Å². The van der Waals surface area contributed by atoms with Crippen molar-refractivity contribution in [1.82, 2.24) is 0 Å². The molecule has 3 saturated heterocycles. The van der Waals surface area contributed by atoms with Gasteiger partial charge < -0.3 is 84.6 Å². The lowest BCUT2D eigenvalue weighted by atomic mass is 9.41. The van der Waals surface area contributed by atoms with Crippen LogP contribution in [0.15, 0.2) is 12.2 Å². The summed E-state index contributed by atoms with van der Waals surface area (Å²) < 4.78 is 35.5. The number of hydrogen-bond donors (Lipinski definition) is 11. The highest BCUT2D eigenvalue weighted by molar-refractivity contribution is 5.77. The molecule has 22 unspecified atom stereocenters. The number of fused-ring (bicyclic) bond motifs is 3. The maximum absolute atomic E-state index is 14.2.